The second-order valence-electron chi connectivity index (χ2n) is 7.66. The molecule has 0 saturated carbocycles. The molecule has 0 atom stereocenters. The number of carbonyl (C=O) groups is 1. The van der Waals surface area contributed by atoms with Gasteiger partial charge in [-0.3, -0.25) is 4.79 Å². The Labute approximate surface area is 179 Å². The number of fused-ring (bicyclic) bond motifs is 1. The van der Waals surface area contributed by atoms with Crippen LogP contribution in [-0.4, -0.2) is 34.0 Å². The van der Waals surface area contributed by atoms with Gasteiger partial charge < -0.3 is 14.2 Å². The van der Waals surface area contributed by atoms with Crippen LogP contribution in [0.15, 0.2) is 48.5 Å². The first kappa shape index (κ1) is 21.9. The van der Waals surface area contributed by atoms with Crippen molar-refractivity contribution in [3.63, 3.8) is 0 Å². The largest absolute Gasteiger partial charge is 0.496 e. The quantitative estimate of drug-likeness (QED) is 0.384. The molecule has 0 radical (unpaired) electrons. The molecule has 0 fully saturated rings. The van der Waals surface area contributed by atoms with Crippen molar-refractivity contribution < 1.29 is 9.53 Å². The molecule has 0 spiro atoms. The Morgan fingerprint density at radius 2 is 1.73 bits per heavy atom. The third-order valence-electron chi connectivity index (χ3n) is 5.46. The first-order chi connectivity index (χ1) is 14.7. The van der Waals surface area contributed by atoms with E-state index < -0.39 is 0 Å². The molecule has 0 saturated heterocycles. The highest BCUT2D eigenvalue weighted by Crippen LogP contribution is 2.23. The zero-order valence-electron chi connectivity index (χ0n) is 18.4. The molecule has 0 N–H and O–H groups in total. The minimum Gasteiger partial charge on any atom is -0.496 e. The summed E-state index contributed by atoms with van der Waals surface area (Å²) in [5.41, 5.74) is 2.73. The third-order valence-corrected chi connectivity index (χ3v) is 5.46. The van der Waals surface area contributed by atoms with Gasteiger partial charge in [0.25, 0.3) is 5.91 Å². The SMILES string of the molecule is CCCCCN(Cc1nc2ccccc2n1CCCC)C(=O)c1ccccc1OC. The monoisotopic (exact) mass is 407 g/mol. The fourth-order valence-corrected chi connectivity index (χ4v) is 3.78. The number of aromatic nitrogens is 2. The number of rotatable bonds is 11. The summed E-state index contributed by atoms with van der Waals surface area (Å²) in [5, 5.41) is 0. The van der Waals surface area contributed by atoms with Crippen LogP contribution in [-0.2, 0) is 13.1 Å². The minimum atomic E-state index is -0.00218. The van der Waals surface area contributed by atoms with Gasteiger partial charge in [-0.2, -0.15) is 0 Å². The fourth-order valence-electron chi connectivity index (χ4n) is 3.78. The summed E-state index contributed by atoms with van der Waals surface area (Å²) < 4.78 is 7.73. The summed E-state index contributed by atoms with van der Waals surface area (Å²) >= 11 is 0. The van der Waals surface area contributed by atoms with Crippen molar-refractivity contribution in [2.75, 3.05) is 13.7 Å². The van der Waals surface area contributed by atoms with E-state index in [1.54, 1.807) is 7.11 Å². The minimum absolute atomic E-state index is 0.00218. The van der Waals surface area contributed by atoms with Crippen molar-refractivity contribution in [3.05, 3.63) is 59.9 Å². The van der Waals surface area contributed by atoms with Gasteiger partial charge in [0, 0.05) is 13.1 Å². The topological polar surface area (TPSA) is 47.4 Å². The second kappa shape index (κ2) is 10.8. The molecule has 0 aliphatic carbocycles. The standard InChI is InChI=1S/C25H33N3O2/c1-4-6-12-17-27(25(29)20-13-8-11-16-23(20)30-3)19-24-26-21-14-9-10-15-22(21)28(24)18-7-5-2/h8-11,13-16H,4-7,12,17-19H2,1-3H3. The molecule has 0 aliphatic rings. The number of methoxy groups -OCH3 is 1. The number of aryl methyl sites for hydroxylation is 1. The van der Waals surface area contributed by atoms with Crippen LogP contribution >= 0.6 is 0 Å². The van der Waals surface area contributed by atoms with Gasteiger partial charge in [-0.05, 0) is 37.1 Å². The van der Waals surface area contributed by atoms with Gasteiger partial charge >= 0.3 is 0 Å². The van der Waals surface area contributed by atoms with Gasteiger partial charge in [0.15, 0.2) is 0 Å². The molecule has 3 rings (SSSR count). The molecule has 2 aromatic carbocycles. The third kappa shape index (κ3) is 5.02. The zero-order chi connectivity index (χ0) is 21.3. The van der Waals surface area contributed by atoms with E-state index in [1.165, 1.54) is 0 Å². The Morgan fingerprint density at radius 3 is 2.50 bits per heavy atom. The van der Waals surface area contributed by atoms with Crippen molar-refractivity contribution in [2.45, 2.75) is 59.0 Å². The molecule has 1 aromatic heterocycles. The number of amides is 1. The van der Waals surface area contributed by atoms with Crippen LogP contribution in [0.4, 0.5) is 0 Å². The highest BCUT2D eigenvalue weighted by molar-refractivity contribution is 5.97. The Bertz CT molecular complexity index is 964. The summed E-state index contributed by atoms with van der Waals surface area (Å²) in [6.45, 7) is 6.50. The summed E-state index contributed by atoms with van der Waals surface area (Å²) in [5.74, 6) is 1.56. The Hall–Kier alpha value is -2.82. The molecule has 1 heterocycles. The Kier molecular flexibility index (Phi) is 7.89. The molecule has 5 heteroatoms. The van der Waals surface area contributed by atoms with Gasteiger partial charge in [-0.15, -0.1) is 0 Å². The lowest BCUT2D eigenvalue weighted by Gasteiger charge is -2.24. The summed E-state index contributed by atoms with van der Waals surface area (Å²) in [6, 6.07) is 15.7. The van der Waals surface area contributed by atoms with Gasteiger partial charge in [0.1, 0.15) is 11.6 Å². The predicted octanol–water partition coefficient (Wildman–Crippen LogP) is 5.68. The smallest absolute Gasteiger partial charge is 0.258 e. The molecular formula is C25H33N3O2. The van der Waals surface area contributed by atoms with Crippen LogP contribution in [0.2, 0.25) is 0 Å². The summed E-state index contributed by atoms with van der Waals surface area (Å²) in [7, 11) is 1.61. The van der Waals surface area contributed by atoms with Crippen LogP contribution in [0.5, 0.6) is 5.75 Å². The number of ether oxygens (including phenoxy) is 1. The fraction of sp³-hybridized carbons (Fsp3) is 0.440. The molecule has 3 aromatic rings. The molecule has 0 unspecified atom stereocenters. The van der Waals surface area contributed by atoms with Crippen LogP contribution in [0.1, 0.15) is 62.1 Å². The van der Waals surface area contributed by atoms with Gasteiger partial charge in [0.05, 0.1) is 30.3 Å². The first-order valence-corrected chi connectivity index (χ1v) is 11.1. The van der Waals surface area contributed by atoms with Crippen LogP contribution in [0.3, 0.4) is 0 Å². The van der Waals surface area contributed by atoms with Crippen molar-refractivity contribution in [1.29, 1.82) is 0 Å². The van der Waals surface area contributed by atoms with Crippen LogP contribution in [0, 0.1) is 0 Å². The number of hydrogen-bond donors (Lipinski definition) is 0. The average molecular weight is 408 g/mol. The zero-order valence-corrected chi connectivity index (χ0v) is 18.4. The Balaban J connectivity index is 1.94. The summed E-state index contributed by atoms with van der Waals surface area (Å²) in [6.07, 6.45) is 5.40. The number of carbonyl (C=O) groups excluding carboxylic acids is 1. The number of nitrogens with zero attached hydrogens (tertiary/aromatic N) is 3. The number of benzene rings is 2. The lowest BCUT2D eigenvalue weighted by molar-refractivity contribution is 0.0730. The van der Waals surface area contributed by atoms with E-state index in [9.17, 15) is 4.79 Å². The van der Waals surface area contributed by atoms with E-state index in [2.05, 4.69) is 30.5 Å². The van der Waals surface area contributed by atoms with Gasteiger partial charge in [-0.25, -0.2) is 4.98 Å². The number of hydrogen-bond acceptors (Lipinski definition) is 3. The van der Waals surface area contributed by atoms with E-state index in [0.717, 1.165) is 55.5 Å². The van der Waals surface area contributed by atoms with E-state index in [0.29, 0.717) is 24.4 Å². The molecule has 30 heavy (non-hydrogen) atoms. The molecule has 1 amide bonds. The molecule has 5 nitrogen and oxygen atoms in total. The van der Waals surface area contributed by atoms with Crippen LogP contribution in [0.25, 0.3) is 11.0 Å². The van der Waals surface area contributed by atoms with Crippen molar-refractivity contribution >= 4 is 16.9 Å². The number of unbranched alkanes of at least 4 members (excludes halogenated alkanes) is 3. The molecule has 160 valence electrons. The maximum Gasteiger partial charge on any atom is 0.258 e. The van der Waals surface area contributed by atoms with Crippen LogP contribution < -0.4 is 4.74 Å². The lowest BCUT2D eigenvalue weighted by Crippen LogP contribution is -2.33. The lowest BCUT2D eigenvalue weighted by atomic mass is 10.1. The van der Waals surface area contributed by atoms with Gasteiger partial charge in [0.2, 0.25) is 0 Å². The molecular weight excluding hydrogens is 374 g/mol. The highest BCUT2D eigenvalue weighted by atomic mass is 16.5. The Morgan fingerprint density at radius 1 is 1.00 bits per heavy atom. The molecule has 0 aliphatic heterocycles. The average Bonchev–Trinajstić information content (AvgIpc) is 3.13. The van der Waals surface area contributed by atoms with E-state index in [-0.39, 0.29) is 5.91 Å². The van der Waals surface area contributed by atoms with E-state index >= 15 is 0 Å². The molecule has 0 bridgehead atoms. The first-order valence-electron chi connectivity index (χ1n) is 11.1. The summed E-state index contributed by atoms with van der Waals surface area (Å²) in [4.78, 5) is 20.3. The van der Waals surface area contributed by atoms with Crippen molar-refractivity contribution in [2.24, 2.45) is 0 Å². The van der Waals surface area contributed by atoms with Crippen molar-refractivity contribution in [1.82, 2.24) is 14.5 Å². The second-order valence-corrected chi connectivity index (χ2v) is 7.66. The maximum absolute atomic E-state index is 13.5. The van der Waals surface area contributed by atoms with Gasteiger partial charge in [-0.1, -0.05) is 57.4 Å². The van der Waals surface area contributed by atoms with Crippen molar-refractivity contribution in [3.8, 4) is 5.75 Å². The normalized spacial score (nSPS) is 11.0. The highest BCUT2D eigenvalue weighted by Gasteiger charge is 2.22. The maximum atomic E-state index is 13.5. The number of imidazole rings is 1. The number of para-hydroxylation sites is 3. The van der Waals surface area contributed by atoms with E-state index in [1.807, 2.05) is 41.3 Å². The van der Waals surface area contributed by atoms with E-state index in [4.69, 9.17) is 9.72 Å². The predicted molar refractivity (Wildman–Crippen MR) is 122 cm³/mol.